The van der Waals surface area contributed by atoms with Gasteiger partial charge in [0.05, 0.1) is 24.0 Å². The first kappa shape index (κ1) is 18.8. The van der Waals surface area contributed by atoms with Gasteiger partial charge in [-0.3, -0.25) is 19.3 Å². The van der Waals surface area contributed by atoms with Gasteiger partial charge in [0.15, 0.2) is 5.69 Å². The lowest BCUT2D eigenvalue weighted by atomic mass is 10.1. The number of nitrogens with zero attached hydrogens (tertiary/aromatic N) is 7. The van der Waals surface area contributed by atoms with Gasteiger partial charge in [-0.15, -0.1) is 5.10 Å². The number of hydrogen-bond acceptors (Lipinski definition) is 6. The van der Waals surface area contributed by atoms with E-state index in [0.717, 1.165) is 17.8 Å². The molecule has 0 bridgehead atoms. The third kappa shape index (κ3) is 3.73. The van der Waals surface area contributed by atoms with Gasteiger partial charge >= 0.3 is 0 Å². The number of hydrogen-bond donors (Lipinski definition) is 1. The molecule has 4 rings (SSSR count). The predicted molar refractivity (Wildman–Crippen MR) is 103 cm³/mol. The number of carbonyl (C=O) groups excluding carboxylic acids is 2. The van der Waals surface area contributed by atoms with Crippen LogP contribution in [0.3, 0.4) is 0 Å². The van der Waals surface area contributed by atoms with Crippen LogP contribution in [0.1, 0.15) is 45.1 Å². The first-order chi connectivity index (χ1) is 14.1. The van der Waals surface area contributed by atoms with Crippen molar-refractivity contribution in [2.75, 3.05) is 13.1 Å². The van der Waals surface area contributed by atoms with Crippen molar-refractivity contribution in [2.45, 2.75) is 33.0 Å². The molecule has 1 fully saturated rings. The molecule has 0 atom stereocenters. The van der Waals surface area contributed by atoms with Gasteiger partial charge in [-0.05, 0) is 31.5 Å². The number of likely N-dealkylation sites (tertiary alicyclic amines) is 1. The van der Waals surface area contributed by atoms with Crippen molar-refractivity contribution in [2.24, 2.45) is 0 Å². The standard InChI is InChI=1S/C19H22N8O2/c1-3-26-13(2)16(9-22-26)19(29)25-10-15(11-25)27-12-17(23-24-27)18(28)21-8-14-4-6-20-7-5-14/h4-7,9,12,15H,3,8,10-11H2,1-2H3,(H,21,28). The fourth-order valence-electron chi connectivity index (χ4n) is 3.27. The Morgan fingerprint density at radius 2 is 2.00 bits per heavy atom. The van der Waals surface area contributed by atoms with Crippen LogP contribution in [-0.4, -0.2) is 59.6 Å². The lowest BCUT2D eigenvalue weighted by molar-refractivity contribution is 0.0497. The second-order valence-electron chi connectivity index (χ2n) is 6.95. The highest BCUT2D eigenvalue weighted by Crippen LogP contribution is 2.23. The maximum absolute atomic E-state index is 12.6. The van der Waals surface area contributed by atoms with Crippen LogP contribution in [0.25, 0.3) is 0 Å². The van der Waals surface area contributed by atoms with Crippen LogP contribution >= 0.6 is 0 Å². The first-order valence-corrected chi connectivity index (χ1v) is 9.47. The quantitative estimate of drug-likeness (QED) is 0.663. The molecule has 0 aromatic carbocycles. The predicted octanol–water partition coefficient (Wildman–Crippen LogP) is 0.825. The molecule has 3 aromatic rings. The van der Waals surface area contributed by atoms with Gasteiger partial charge in [-0.25, -0.2) is 4.68 Å². The van der Waals surface area contributed by atoms with Crippen LogP contribution in [0.15, 0.2) is 36.9 Å². The zero-order valence-electron chi connectivity index (χ0n) is 16.3. The molecule has 4 heterocycles. The number of carbonyl (C=O) groups is 2. The number of pyridine rings is 1. The number of amides is 2. The molecule has 0 spiro atoms. The highest BCUT2D eigenvalue weighted by molar-refractivity contribution is 5.95. The Morgan fingerprint density at radius 3 is 2.69 bits per heavy atom. The van der Waals surface area contributed by atoms with Crippen molar-refractivity contribution in [3.8, 4) is 0 Å². The average molecular weight is 394 g/mol. The third-order valence-electron chi connectivity index (χ3n) is 5.10. The van der Waals surface area contributed by atoms with Crippen molar-refractivity contribution in [3.63, 3.8) is 0 Å². The molecule has 1 aliphatic rings. The molecule has 1 saturated heterocycles. The Morgan fingerprint density at radius 1 is 1.24 bits per heavy atom. The molecule has 2 amide bonds. The van der Waals surface area contributed by atoms with E-state index in [1.807, 2.05) is 26.0 Å². The average Bonchev–Trinajstić information content (AvgIpc) is 3.32. The smallest absolute Gasteiger partial charge is 0.273 e. The molecule has 10 heteroatoms. The molecule has 10 nitrogen and oxygen atoms in total. The summed E-state index contributed by atoms with van der Waals surface area (Å²) in [6, 6.07) is 3.68. The normalized spacial score (nSPS) is 13.9. The van der Waals surface area contributed by atoms with Crippen LogP contribution in [0.2, 0.25) is 0 Å². The van der Waals surface area contributed by atoms with E-state index in [0.29, 0.717) is 25.2 Å². The minimum absolute atomic E-state index is 0.00900. The minimum atomic E-state index is -0.289. The third-order valence-corrected chi connectivity index (χ3v) is 5.10. The van der Waals surface area contributed by atoms with E-state index in [2.05, 4.69) is 25.7 Å². The van der Waals surface area contributed by atoms with Crippen molar-refractivity contribution in [3.05, 3.63) is 59.4 Å². The van der Waals surface area contributed by atoms with E-state index in [9.17, 15) is 9.59 Å². The topological polar surface area (TPSA) is 111 Å². The van der Waals surface area contributed by atoms with Crippen molar-refractivity contribution < 1.29 is 9.59 Å². The van der Waals surface area contributed by atoms with Crippen LogP contribution in [0.5, 0.6) is 0 Å². The summed E-state index contributed by atoms with van der Waals surface area (Å²) in [6.45, 7) is 6.06. The first-order valence-electron chi connectivity index (χ1n) is 9.47. The van der Waals surface area contributed by atoms with Gasteiger partial charge in [-0.1, -0.05) is 5.21 Å². The lowest BCUT2D eigenvalue weighted by Gasteiger charge is -2.38. The molecule has 1 N–H and O–H groups in total. The number of aromatic nitrogens is 6. The maximum Gasteiger partial charge on any atom is 0.273 e. The van der Waals surface area contributed by atoms with Crippen molar-refractivity contribution in [1.82, 2.24) is 40.0 Å². The summed E-state index contributed by atoms with van der Waals surface area (Å²) >= 11 is 0. The van der Waals surface area contributed by atoms with E-state index in [1.54, 1.807) is 39.1 Å². The summed E-state index contributed by atoms with van der Waals surface area (Å²) in [7, 11) is 0. The molecule has 150 valence electrons. The Balaban J connectivity index is 1.32. The second-order valence-corrected chi connectivity index (χ2v) is 6.95. The minimum Gasteiger partial charge on any atom is -0.347 e. The summed E-state index contributed by atoms with van der Waals surface area (Å²) in [6.07, 6.45) is 6.59. The van der Waals surface area contributed by atoms with Crippen LogP contribution < -0.4 is 5.32 Å². The molecule has 0 radical (unpaired) electrons. The highest BCUT2D eigenvalue weighted by atomic mass is 16.2. The van der Waals surface area contributed by atoms with E-state index >= 15 is 0 Å². The molecule has 0 unspecified atom stereocenters. The Hall–Kier alpha value is -3.56. The van der Waals surface area contributed by atoms with Gasteiger partial charge in [0.2, 0.25) is 0 Å². The summed E-state index contributed by atoms with van der Waals surface area (Å²) in [5.74, 6) is -0.322. The summed E-state index contributed by atoms with van der Waals surface area (Å²) in [5, 5.41) is 15.1. The lowest BCUT2D eigenvalue weighted by Crippen LogP contribution is -2.51. The zero-order valence-corrected chi connectivity index (χ0v) is 16.3. The van der Waals surface area contributed by atoms with E-state index in [-0.39, 0.29) is 23.6 Å². The maximum atomic E-state index is 12.6. The van der Waals surface area contributed by atoms with Crippen LogP contribution in [-0.2, 0) is 13.1 Å². The van der Waals surface area contributed by atoms with Crippen molar-refractivity contribution in [1.29, 1.82) is 0 Å². The summed E-state index contributed by atoms with van der Waals surface area (Å²) in [5.41, 5.74) is 2.70. The summed E-state index contributed by atoms with van der Waals surface area (Å²) in [4.78, 5) is 30.6. The van der Waals surface area contributed by atoms with E-state index in [4.69, 9.17) is 0 Å². The van der Waals surface area contributed by atoms with Gasteiger partial charge in [-0.2, -0.15) is 5.10 Å². The molecule has 0 aliphatic carbocycles. The Bertz CT molecular complexity index is 1020. The zero-order chi connectivity index (χ0) is 20.4. The van der Waals surface area contributed by atoms with Gasteiger partial charge in [0.1, 0.15) is 0 Å². The van der Waals surface area contributed by atoms with Gasteiger partial charge in [0, 0.05) is 44.3 Å². The number of nitrogens with one attached hydrogen (secondary N) is 1. The molecule has 0 saturated carbocycles. The largest absolute Gasteiger partial charge is 0.347 e. The highest BCUT2D eigenvalue weighted by Gasteiger charge is 2.34. The van der Waals surface area contributed by atoms with Gasteiger partial charge < -0.3 is 10.2 Å². The Labute approximate surface area is 167 Å². The van der Waals surface area contributed by atoms with E-state index in [1.165, 1.54) is 0 Å². The SMILES string of the molecule is CCn1ncc(C(=O)N2CC(n3cc(C(=O)NCc4ccncc4)nn3)C2)c1C. The second kappa shape index (κ2) is 7.82. The van der Waals surface area contributed by atoms with Crippen LogP contribution in [0.4, 0.5) is 0 Å². The fraction of sp³-hybridized carbons (Fsp3) is 0.368. The molecule has 1 aliphatic heterocycles. The summed E-state index contributed by atoms with van der Waals surface area (Å²) < 4.78 is 3.45. The fourth-order valence-corrected chi connectivity index (χ4v) is 3.27. The molecule has 3 aromatic heterocycles. The van der Waals surface area contributed by atoms with Gasteiger partial charge in [0.25, 0.3) is 11.8 Å². The number of rotatable bonds is 6. The molecule has 29 heavy (non-hydrogen) atoms. The number of aryl methyl sites for hydroxylation is 1. The Kier molecular flexibility index (Phi) is 5.07. The van der Waals surface area contributed by atoms with Crippen LogP contribution in [0, 0.1) is 6.92 Å². The van der Waals surface area contributed by atoms with Crippen molar-refractivity contribution >= 4 is 11.8 Å². The monoisotopic (exact) mass is 394 g/mol. The molecular weight excluding hydrogens is 372 g/mol. The molecular formula is C19H22N8O2. The van der Waals surface area contributed by atoms with E-state index < -0.39 is 0 Å².